The minimum absolute atomic E-state index is 0.0898. The summed E-state index contributed by atoms with van der Waals surface area (Å²) in [6.45, 7) is 2.53. The molecule has 0 spiro atoms. The predicted octanol–water partition coefficient (Wildman–Crippen LogP) is 3.30. The van der Waals surface area contributed by atoms with Crippen molar-refractivity contribution in [3.63, 3.8) is 0 Å². The number of halogens is 1. The molecule has 2 aromatic rings. The first-order chi connectivity index (χ1) is 10.5. The first-order valence-electron chi connectivity index (χ1n) is 7.32. The number of pyridine rings is 1. The Morgan fingerprint density at radius 1 is 1.36 bits per heavy atom. The van der Waals surface area contributed by atoms with Crippen LogP contribution in [0.1, 0.15) is 47.2 Å². The van der Waals surface area contributed by atoms with Crippen LogP contribution in [-0.4, -0.2) is 22.3 Å². The number of H-pyrrole nitrogens is 1. The standard InChI is InChI=1S/C16H17ClN2O3/c1-10-5-6-13(22-10)12-4-2-3-7-19(12)16(21)11-8-14(17)18-15(20)9-11/h5-6,8-9,12H,2-4,7H2,1H3,(H,18,20)/t12-/m1/s1. The molecule has 0 bridgehead atoms. The fourth-order valence-electron chi connectivity index (χ4n) is 2.90. The van der Waals surface area contributed by atoms with E-state index in [9.17, 15) is 9.59 Å². The van der Waals surface area contributed by atoms with Gasteiger partial charge >= 0.3 is 0 Å². The highest BCUT2D eigenvalue weighted by Crippen LogP contribution is 2.33. The quantitative estimate of drug-likeness (QED) is 0.863. The third kappa shape index (κ3) is 2.95. The molecule has 1 amide bonds. The number of aryl methyl sites for hydroxylation is 1. The van der Waals surface area contributed by atoms with Gasteiger partial charge in [0.25, 0.3) is 5.91 Å². The van der Waals surface area contributed by atoms with E-state index in [1.165, 1.54) is 12.1 Å². The van der Waals surface area contributed by atoms with Crippen molar-refractivity contribution in [1.82, 2.24) is 9.88 Å². The summed E-state index contributed by atoms with van der Waals surface area (Å²) in [4.78, 5) is 28.5. The molecule has 0 aromatic carbocycles. The fraction of sp³-hybridized carbons (Fsp3) is 0.375. The summed E-state index contributed by atoms with van der Waals surface area (Å²) in [6.07, 6.45) is 2.85. The normalized spacial score (nSPS) is 18.5. The smallest absolute Gasteiger partial charge is 0.254 e. The topological polar surface area (TPSA) is 66.3 Å². The van der Waals surface area contributed by atoms with Crippen LogP contribution in [0.5, 0.6) is 0 Å². The van der Waals surface area contributed by atoms with Gasteiger partial charge in [-0.15, -0.1) is 0 Å². The zero-order valence-corrected chi connectivity index (χ0v) is 13.0. The van der Waals surface area contributed by atoms with E-state index in [1.807, 2.05) is 19.1 Å². The summed E-state index contributed by atoms with van der Waals surface area (Å²) in [6, 6.07) is 6.50. The van der Waals surface area contributed by atoms with Crippen molar-refractivity contribution in [2.45, 2.75) is 32.2 Å². The molecular weight excluding hydrogens is 304 g/mol. The van der Waals surface area contributed by atoms with Crippen molar-refractivity contribution in [2.75, 3.05) is 6.54 Å². The molecule has 2 aromatic heterocycles. The third-order valence-electron chi connectivity index (χ3n) is 3.91. The van der Waals surface area contributed by atoms with E-state index >= 15 is 0 Å². The van der Waals surface area contributed by atoms with Crippen molar-refractivity contribution in [2.24, 2.45) is 0 Å². The Morgan fingerprint density at radius 3 is 2.86 bits per heavy atom. The molecule has 22 heavy (non-hydrogen) atoms. The maximum Gasteiger partial charge on any atom is 0.254 e. The molecule has 0 saturated carbocycles. The largest absolute Gasteiger partial charge is 0.464 e. The van der Waals surface area contributed by atoms with Gasteiger partial charge in [-0.25, -0.2) is 0 Å². The monoisotopic (exact) mass is 320 g/mol. The summed E-state index contributed by atoms with van der Waals surface area (Å²) < 4.78 is 5.70. The van der Waals surface area contributed by atoms with Crippen LogP contribution in [0.15, 0.2) is 33.5 Å². The highest BCUT2D eigenvalue weighted by molar-refractivity contribution is 6.29. The second-order valence-electron chi connectivity index (χ2n) is 5.54. The molecular formula is C16H17ClN2O3. The third-order valence-corrected chi connectivity index (χ3v) is 4.12. The Hall–Kier alpha value is -2.01. The molecule has 1 saturated heterocycles. The van der Waals surface area contributed by atoms with Crippen molar-refractivity contribution < 1.29 is 9.21 Å². The van der Waals surface area contributed by atoms with Gasteiger partial charge in [-0.05, 0) is 44.4 Å². The second kappa shape index (κ2) is 6.01. The molecule has 5 nitrogen and oxygen atoms in total. The number of hydrogen-bond donors (Lipinski definition) is 1. The van der Waals surface area contributed by atoms with Crippen LogP contribution in [0, 0.1) is 6.92 Å². The number of aromatic nitrogens is 1. The number of hydrogen-bond acceptors (Lipinski definition) is 3. The van der Waals surface area contributed by atoms with Gasteiger partial charge in [0.2, 0.25) is 5.56 Å². The van der Waals surface area contributed by atoms with E-state index in [2.05, 4.69) is 4.98 Å². The number of amides is 1. The van der Waals surface area contributed by atoms with Gasteiger partial charge in [0, 0.05) is 18.2 Å². The van der Waals surface area contributed by atoms with E-state index in [1.54, 1.807) is 4.90 Å². The molecule has 0 radical (unpaired) electrons. The van der Waals surface area contributed by atoms with Gasteiger partial charge in [0.05, 0.1) is 6.04 Å². The van der Waals surface area contributed by atoms with Gasteiger partial charge in [0.15, 0.2) is 0 Å². The Balaban J connectivity index is 1.93. The maximum absolute atomic E-state index is 12.8. The number of nitrogens with zero attached hydrogens (tertiary/aromatic N) is 1. The summed E-state index contributed by atoms with van der Waals surface area (Å²) in [5.74, 6) is 1.43. The van der Waals surface area contributed by atoms with Crippen molar-refractivity contribution in [3.05, 3.63) is 56.9 Å². The number of furan rings is 1. The highest BCUT2D eigenvalue weighted by Gasteiger charge is 2.30. The molecule has 0 unspecified atom stereocenters. The van der Waals surface area contributed by atoms with Gasteiger partial charge < -0.3 is 14.3 Å². The van der Waals surface area contributed by atoms with Crippen molar-refractivity contribution in [3.8, 4) is 0 Å². The average molecular weight is 321 g/mol. The Bertz CT molecular complexity index is 750. The molecule has 3 rings (SSSR count). The molecule has 1 aliphatic rings. The van der Waals surface area contributed by atoms with Crippen molar-refractivity contribution in [1.29, 1.82) is 0 Å². The van der Waals surface area contributed by atoms with Crippen LogP contribution in [0.4, 0.5) is 0 Å². The first kappa shape index (κ1) is 14.9. The SMILES string of the molecule is Cc1ccc([C@H]2CCCCN2C(=O)c2cc(Cl)[nH]c(=O)c2)o1. The fourth-order valence-corrected chi connectivity index (χ4v) is 3.11. The number of carbonyl (C=O) groups excluding carboxylic acids is 1. The van der Waals surface area contributed by atoms with E-state index in [0.717, 1.165) is 30.8 Å². The predicted molar refractivity (Wildman–Crippen MR) is 83.1 cm³/mol. The minimum atomic E-state index is -0.377. The lowest BCUT2D eigenvalue weighted by atomic mass is 9.99. The number of nitrogens with one attached hydrogen (secondary N) is 1. The number of piperidine rings is 1. The van der Waals surface area contributed by atoms with Crippen LogP contribution >= 0.6 is 11.6 Å². The van der Waals surface area contributed by atoms with Gasteiger partial charge in [0.1, 0.15) is 16.7 Å². The average Bonchev–Trinajstić information content (AvgIpc) is 2.92. The van der Waals surface area contributed by atoms with E-state index in [0.29, 0.717) is 12.1 Å². The van der Waals surface area contributed by atoms with E-state index in [4.69, 9.17) is 16.0 Å². The Morgan fingerprint density at radius 2 is 2.18 bits per heavy atom. The highest BCUT2D eigenvalue weighted by atomic mass is 35.5. The maximum atomic E-state index is 12.8. The molecule has 0 aliphatic carbocycles. The van der Waals surface area contributed by atoms with Crippen molar-refractivity contribution >= 4 is 17.5 Å². The summed E-state index contributed by atoms with van der Waals surface area (Å²) >= 11 is 5.85. The number of rotatable bonds is 2. The molecule has 6 heteroatoms. The molecule has 3 heterocycles. The van der Waals surface area contributed by atoms with Gasteiger partial charge in [-0.2, -0.15) is 0 Å². The Kier molecular flexibility index (Phi) is 4.07. The molecule has 1 atom stereocenters. The van der Waals surface area contributed by atoms with Crippen LogP contribution in [0.25, 0.3) is 0 Å². The van der Waals surface area contributed by atoms with E-state index < -0.39 is 0 Å². The van der Waals surface area contributed by atoms with Crippen LogP contribution in [-0.2, 0) is 0 Å². The Labute approximate surface area is 132 Å². The van der Waals surface area contributed by atoms with Gasteiger partial charge in [-0.1, -0.05) is 11.6 Å². The molecule has 1 N–H and O–H groups in total. The molecule has 1 fully saturated rings. The minimum Gasteiger partial charge on any atom is -0.464 e. The lowest BCUT2D eigenvalue weighted by Crippen LogP contribution is -2.38. The lowest BCUT2D eigenvalue weighted by Gasteiger charge is -2.34. The molecule has 116 valence electrons. The number of aromatic amines is 1. The van der Waals surface area contributed by atoms with Gasteiger partial charge in [-0.3, -0.25) is 9.59 Å². The zero-order valence-electron chi connectivity index (χ0n) is 12.3. The summed E-state index contributed by atoms with van der Waals surface area (Å²) in [5.41, 5.74) is -0.0674. The zero-order chi connectivity index (χ0) is 15.7. The number of carbonyl (C=O) groups is 1. The van der Waals surface area contributed by atoms with Crippen LogP contribution < -0.4 is 5.56 Å². The van der Waals surface area contributed by atoms with E-state index in [-0.39, 0.29) is 22.7 Å². The first-order valence-corrected chi connectivity index (χ1v) is 7.69. The molecule has 1 aliphatic heterocycles. The lowest BCUT2D eigenvalue weighted by molar-refractivity contribution is 0.0579. The summed E-state index contributed by atoms with van der Waals surface area (Å²) in [5, 5.41) is 0.165. The second-order valence-corrected chi connectivity index (χ2v) is 5.95. The van der Waals surface area contributed by atoms with Crippen LogP contribution in [0.3, 0.4) is 0 Å². The summed E-state index contributed by atoms with van der Waals surface area (Å²) in [7, 11) is 0. The number of likely N-dealkylation sites (tertiary alicyclic amines) is 1. The van der Waals surface area contributed by atoms with Crippen LogP contribution in [0.2, 0.25) is 5.15 Å².